The van der Waals surface area contributed by atoms with Gasteiger partial charge in [-0.25, -0.2) is 0 Å². The van der Waals surface area contributed by atoms with Gasteiger partial charge in [-0.1, -0.05) is 24.3 Å². The molecule has 0 fully saturated rings. The summed E-state index contributed by atoms with van der Waals surface area (Å²) >= 11 is 0. The van der Waals surface area contributed by atoms with Crippen molar-refractivity contribution in [2.45, 2.75) is 6.42 Å². The molecule has 22 heavy (non-hydrogen) atoms. The maximum atomic E-state index is 12.7. The van der Waals surface area contributed by atoms with Crippen LogP contribution in [-0.4, -0.2) is 41.0 Å². The summed E-state index contributed by atoms with van der Waals surface area (Å²) in [5, 5.41) is 1.13. The average Bonchev–Trinajstić information content (AvgIpc) is 2.92. The Labute approximate surface area is 130 Å². The lowest BCUT2D eigenvalue weighted by Crippen LogP contribution is -2.15. The third-order valence-electron chi connectivity index (χ3n) is 3.73. The van der Waals surface area contributed by atoms with Gasteiger partial charge >= 0.3 is 0 Å². The smallest absolute Gasteiger partial charge is 0.280 e. The van der Waals surface area contributed by atoms with Crippen LogP contribution in [0, 0.1) is 0 Å². The van der Waals surface area contributed by atoms with E-state index in [0.717, 1.165) is 23.9 Å². The van der Waals surface area contributed by atoms with E-state index in [0.29, 0.717) is 5.69 Å². The number of rotatable bonds is 4. The molecule has 0 radical (unpaired) electrons. The van der Waals surface area contributed by atoms with Gasteiger partial charge in [0.2, 0.25) is 0 Å². The number of hydrogen-bond donors (Lipinski definition) is 0. The molecule has 2 heterocycles. The number of likely N-dealkylation sites (N-methyl/N-ethyl adjacent to an activating group) is 1. The Morgan fingerprint density at radius 2 is 1.91 bits per heavy atom. The van der Waals surface area contributed by atoms with Crippen LogP contribution in [0.4, 0.5) is 0 Å². The molecule has 3 aromatic rings. The molecule has 0 bridgehead atoms. The molecular formula is C18H19N3O. The van der Waals surface area contributed by atoms with Gasteiger partial charge in [-0.3, -0.25) is 14.3 Å². The highest BCUT2D eigenvalue weighted by Gasteiger charge is 2.15. The van der Waals surface area contributed by atoms with Crippen LogP contribution in [0.2, 0.25) is 0 Å². The summed E-state index contributed by atoms with van der Waals surface area (Å²) in [5.41, 5.74) is 2.59. The highest BCUT2D eigenvalue weighted by Crippen LogP contribution is 2.22. The molecule has 0 aliphatic heterocycles. The molecule has 3 rings (SSSR count). The van der Waals surface area contributed by atoms with E-state index in [9.17, 15) is 4.79 Å². The molecule has 0 atom stereocenters. The monoisotopic (exact) mass is 293 g/mol. The van der Waals surface area contributed by atoms with Crippen LogP contribution in [0.25, 0.3) is 10.9 Å². The van der Waals surface area contributed by atoms with Gasteiger partial charge in [0.05, 0.1) is 5.52 Å². The molecular weight excluding hydrogens is 274 g/mol. The molecule has 0 N–H and O–H groups in total. The Kier molecular flexibility index (Phi) is 4.02. The predicted molar refractivity (Wildman–Crippen MR) is 88.2 cm³/mol. The minimum absolute atomic E-state index is 0.0899. The standard InChI is InChI=1S/C18H19N3O/c1-20(2)12-10-14-13-21(17-9-4-3-7-15(14)17)18(22)16-8-5-6-11-19-16/h3-9,11,13H,10,12H2,1-2H3. The zero-order valence-electron chi connectivity index (χ0n) is 12.9. The fourth-order valence-corrected chi connectivity index (χ4v) is 2.57. The summed E-state index contributed by atoms with van der Waals surface area (Å²) in [6.45, 7) is 0.950. The fraction of sp³-hybridized carbons (Fsp3) is 0.222. The van der Waals surface area contributed by atoms with Crippen molar-refractivity contribution in [3.8, 4) is 0 Å². The lowest BCUT2D eigenvalue weighted by atomic mass is 10.1. The van der Waals surface area contributed by atoms with E-state index in [-0.39, 0.29) is 5.91 Å². The predicted octanol–water partition coefficient (Wildman–Crippen LogP) is 2.83. The summed E-state index contributed by atoms with van der Waals surface area (Å²) in [6, 6.07) is 13.4. The Morgan fingerprint density at radius 1 is 1.14 bits per heavy atom. The number of nitrogens with zero attached hydrogens (tertiary/aromatic N) is 3. The van der Waals surface area contributed by atoms with Crippen molar-refractivity contribution in [1.29, 1.82) is 0 Å². The lowest BCUT2D eigenvalue weighted by Gasteiger charge is -2.07. The Balaban J connectivity index is 2.04. The minimum atomic E-state index is -0.0899. The van der Waals surface area contributed by atoms with Crippen LogP contribution < -0.4 is 0 Å². The summed E-state index contributed by atoms with van der Waals surface area (Å²) in [4.78, 5) is 19.0. The molecule has 1 aromatic carbocycles. The first-order valence-electron chi connectivity index (χ1n) is 7.36. The molecule has 0 unspecified atom stereocenters. The second-order valence-electron chi connectivity index (χ2n) is 5.61. The molecule has 4 heteroatoms. The number of pyridine rings is 1. The first kappa shape index (κ1) is 14.5. The highest BCUT2D eigenvalue weighted by molar-refractivity contribution is 6.01. The van der Waals surface area contributed by atoms with Crippen molar-refractivity contribution >= 4 is 16.8 Å². The van der Waals surface area contributed by atoms with Gasteiger partial charge in [0.25, 0.3) is 5.91 Å². The van der Waals surface area contributed by atoms with E-state index in [4.69, 9.17) is 0 Å². The van der Waals surface area contributed by atoms with Crippen molar-refractivity contribution in [1.82, 2.24) is 14.5 Å². The maximum absolute atomic E-state index is 12.7. The van der Waals surface area contributed by atoms with Gasteiger partial charge in [0.15, 0.2) is 0 Å². The van der Waals surface area contributed by atoms with Crippen LogP contribution in [0.5, 0.6) is 0 Å². The first-order chi connectivity index (χ1) is 10.7. The van der Waals surface area contributed by atoms with Gasteiger partial charge in [0, 0.05) is 24.3 Å². The van der Waals surface area contributed by atoms with Crippen LogP contribution in [0.3, 0.4) is 0 Å². The topological polar surface area (TPSA) is 38.1 Å². The summed E-state index contributed by atoms with van der Waals surface area (Å²) in [6.07, 6.45) is 4.51. The van der Waals surface area contributed by atoms with E-state index in [1.807, 2.05) is 36.5 Å². The second kappa shape index (κ2) is 6.12. The molecule has 0 amide bonds. The van der Waals surface area contributed by atoms with Crippen molar-refractivity contribution in [3.63, 3.8) is 0 Å². The number of aromatic nitrogens is 2. The third-order valence-corrected chi connectivity index (χ3v) is 3.73. The largest absolute Gasteiger partial charge is 0.309 e. The van der Waals surface area contributed by atoms with Gasteiger partial charge in [-0.2, -0.15) is 0 Å². The molecule has 0 aliphatic rings. The van der Waals surface area contributed by atoms with E-state index in [1.165, 1.54) is 5.56 Å². The zero-order valence-corrected chi connectivity index (χ0v) is 12.9. The molecule has 0 saturated carbocycles. The Bertz CT molecular complexity index is 790. The van der Waals surface area contributed by atoms with E-state index in [1.54, 1.807) is 16.8 Å². The quantitative estimate of drug-likeness (QED) is 0.742. The van der Waals surface area contributed by atoms with Crippen LogP contribution in [0.1, 0.15) is 16.1 Å². The average molecular weight is 293 g/mol. The molecule has 4 nitrogen and oxygen atoms in total. The number of hydrogen-bond acceptors (Lipinski definition) is 3. The van der Waals surface area contributed by atoms with Crippen molar-refractivity contribution in [2.75, 3.05) is 20.6 Å². The van der Waals surface area contributed by atoms with Crippen LogP contribution in [0.15, 0.2) is 54.9 Å². The summed E-state index contributed by atoms with van der Waals surface area (Å²) in [5.74, 6) is -0.0899. The first-order valence-corrected chi connectivity index (χ1v) is 7.36. The van der Waals surface area contributed by atoms with E-state index < -0.39 is 0 Å². The number of carbonyl (C=O) groups is 1. The molecule has 0 saturated heterocycles. The molecule has 112 valence electrons. The number of fused-ring (bicyclic) bond motifs is 1. The number of benzene rings is 1. The Morgan fingerprint density at radius 3 is 2.64 bits per heavy atom. The van der Waals surface area contributed by atoms with Gasteiger partial charge in [0.1, 0.15) is 5.69 Å². The van der Waals surface area contributed by atoms with Crippen molar-refractivity contribution < 1.29 is 4.79 Å². The van der Waals surface area contributed by atoms with Crippen molar-refractivity contribution in [3.05, 3.63) is 66.1 Å². The third kappa shape index (κ3) is 2.78. The van der Waals surface area contributed by atoms with Crippen molar-refractivity contribution in [2.24, 2.45) is 0 Å². The number of carbonyl (C=O) groups excluding carboxylic acids is 1. The zero-order chi connectivity index (χ0) is 15.5. The second-order valence-corrected chi connectivity index (χ2v) is 5.61. The van der Waals surface area contributed by atoms with E-state index >= 15 is 0 Å². The maximum Gasteiger partial charge on any atom is 0.280 e. The lowest BCUT2D eigenvalue weighted by molar-refractivity contribution is 0.0960. The van der Waals surface area contributed by atoms with Gasteiger partial charge in [-0.15, -0.1) is 0 Å². The number of para-hydroxylation sites is 1. The van der Waals surface area contributed by atoms with E-state index in [2.05, 4.69) is 30.0 Å². The molecule has 2 aromatic heterocycles. The van der Waals surface area contributed by atoms with Gasteiger partial charge < -0.3 is 4.90 Å². The van der Waals surface area contributed by atoms with Crippen LogP contribution >= 0.6 is 0 Å². The normalized spacial score (nSPS) is 11.2. The summed E-state index contributed by atoms with van der Waals surface area (Å²) < 4.78 is 1.71. The highest BCUT2D eigenvalue weighted by atomic mass is 16.2. The Hall–Kier alpha value is -2.46. The van der Waals surface area contributed by atoms with Gasteiger partial charge in [-0.05, 0) is 44.3 Å². The molecule has 0 aliphatic carbocycles. The molecule has 0 spiro atoms. The minimum Gasteiger partial charge on any atom is -0.309 e. The van der Waals surface area contributed by atoms with Crippen LogP contribution in [-0.2, 0) is 6.42 Å². The SMILES string of the molecule is CN(C)CCc1cn(C(=O)c2ccccn2)c2ccccc12. The summed E-state index contributed by atoms with van der Waals surface area (Å²) in [7, 11) is 4.11. The fourth-order valence-electron chi connectivity index (χ4n) is 2.57.